The molecule has 8 heteroatoms. The normalized spacial score (nSPS) is 21.0. The first kappa shape index (κ1) is 25.1. The maximum Gasteiger partial charge on any atom is 0.407 e. The molecule has 2 aliphatic rings. The summed E-state index contributed by atoms with van der Waals surface area (Å²) in [5, 5.41) is 15.2. The van der Waals surface area contributed by atoms with Crippen molar-refractivity contribution in [3.63, 3.8) is 0 Å². The maximum atomic E-state index is 12.3. The van der Waals surface area contributed by atoms with Crippen molar-refractivity contribution in [2.75, 3.05) is 24.7 Å². The molecule has 2 aromatic carbocycles. The van der Waals surface area contributed by atoms with Gasteiger partial charge in [0.05, 0.1) is 11.2 Å². The van der Waals surface area contributed by atoms with Gasteiger partial charge in [-0.2, -0.15) is 11.8 Å². The summed E-state index contributed by atoms with van der Waals surface area (Å²) in [6.45, 7) is 2.36. The van der Waals surface area contributed by atoms with Crippen LogP contribution in [0.1, 0.15) is 49.7 Å². The Kier molecular flexibility index (Phi) is 8.00. The number of nitrogens with one attached hydrogen (secondary N) is 2. The number of carboxylic acid groups (broad SMARTS) is 1. The van der Waals surface area contributed by atoms with Crippen molar-refractivity contribution in [2.24, 2.45) is 5.41 Å². The van der Waals surface area contributed by atoms with Crippen molar-refractivity contribution in [3.05, 3.63) is 59.7 Å². The van der Waals surface area contributed by atoms with E-state index in [4.69, 9.17) is 4.74 Å². The Morgan fingerprint density at radius 2 is 1.71 bits per heavy atom. The Morgan fingerprint density at radius 3 is 2.37 bits per heavy atom. The summed E-state index contributed by atoms with van der Waals surface area (Å²) in [5.41, 5.74) is 3.79. The number of aliphatic carboxylic acids is 1. The molecule has 3 N–H and O–H groups in total. The van der Waals surface area contributed by atoms with Crippen LogP contribution in [0.4, 0.5) is 4.79 Å². The maximum absolute atomic E-state index is 12.3. The number of hydrogen-bond acceptors (Lipinski definition) is 5. The zero-order valence-electron chi connectivity index (χ0n) is 19.9. The predicted molar refractivity (Wildman–Crippen MR) is 137 cm³/mol. The second-order valence-electron chi connectivity index (χ2n) is 9.39. The van der Waals surface area contributed by atoms with Gasteiger partial charge in [0, 0.05) is 24.3 Å². The Morgan fingerprint density at radius 1 is 1.06 bits per heavy atom. The summed E-state index contributed by atoms with van der Waals surface area (Å²) < 4.78 is 5.52. The topological polar surface area (TPSA) is 105 Å². The summed E-state index contributed by atoms with van der Waals surface area (Å²) >= 11 is 1.40. The van der Waals surface area contributed by atoms with Crippen LogP contribution >= 0.6 is 11.8 Å². The van der Waals surface area contributed by atoms with Crippen LogP contribution in [0.3, 0.4) is 0 Å². The minimum absolute atomic E-state index is 0.0162. The van der Waals surface area contributed by atoms with Crippen LogP contribution in [0.5, 0.6) is 0 Å². The number of ether oxygens (including phenoxy) is 1. The molecule has 2 unspecified atom stereocenters. The third-order valence-electron chi connectivity index (χ3n) is 7.12. The second kappa shape index (κ2) is 11.2. The monoisotopic (exact) mass is 496 g/mol. The van der Waals surface area contributed by atoms with Crippen molar-refractivity contribution in [1.29, 1.82) is 0 Å². The third kappa shape index (κ3) is 5.64. The molecular weight excluding hydrogens is 464 g/mol. The van der Waals surface area contributed by atoms with Gasteiger partial charge in [-0.15, -0.1) is 0 Å². The first-order valence-electron chi connectivity index (χ1n) is 12.1. The number of alkyl carbamates (subject to hydrolysis) is 1. The zero-order chi connectivity index (χ0) is 24.8. The van der Waals surface area contributed by atoms with Gasteiger partial charge in [-0.05, 0) is 42.0 Å². The van der Waals surface area contributed by atoms with Gasteiger partial charge >= 0.3 is 12.1 Å². The molecule has 0 spiro atoms. The van der Waals surface area contributed by atoms with Crippen molar-refractivity contribution in [2.45, 2.75) is 44.6 Å². The molecule has 1 saturated carbocycles. The van der Waals surface area contributed by atoms with Gasteiger partial charge < -0.3 is 20.5 Å². The lowest BCUT2D eigenvalue weighted by molar-refractivity contribution is -0.152. The van der Waals surface area contributed by atoms with Crippen molar-refractivity contribution in [1.82, 2.24) is 10.6 Å². The lowest BCUT2D eigenvalue weighted by atomic mass is 9.71. The minimum atomic E-state index is -0.912. The molecule has 2 atom stereocenters. The van der Waals surface area contributed by atoms with Crippen LogP contribution in [-0.2, 0) is 14.3 Å². The average Bonchev–Trinajstić information content (AvgIpc) is 3.17. The van der Waals surface area contributed by atoms with E-state index in [1.165, 1.54) is 34.0 Å². The highest BCUT2D eigenvalue weighted by Gasteiger charge is 2.43. The number of carbonyl (C=O) groups excluding carboxylic acids is 2. The van der Waals surface area contributed by atoms with Crippen LogP contribution < -0.4 is 10.6 Å². The highest BCUT2D eigenvalue weighted by Crippen LogP contribution is 2.44. The summed E-state index contributed by atoms with van der Waals surface area (Å²) in [6, 6.07) is 16.0. The number of carboxylic acids is 1. The van der Waals surface area contributed by atoms with E-state index in [0.29, 0.717) is 25.1 Å². The Labute approximate surface area is 210 Å². The molecule has 2 aliphatic carbocycles. The molecule has 0 saturated heterocycles. The molecule has 0 aromatic heterocycles. The Bertz CT molecular complexity index is 1050. The predicted octanol–water partition coefficient (Wildman–Crippen LogP) is 4.41. The SMILES string of the molecule is CC1(C(=O)O)CCCCC1NC(=O)CSCCNC(=O)OCC1c2ccccc2-c2ccccc21. The number of thioether (sulfide) groups is 1. The highest BCUT2D eigenvalue weighted by molar-refractivity contribution is 7.99. The number of rotatable bonds is 9. The molecule has 186 valence electrons. The zero-order valence-corrected chi connectivity index (χ0v) is 20.7. The van der Waals surface area contributed by atoms with Crippen LogP contribution in [0.15, 0.2) is 48.5 Å². The van der Waals surface area contributed by atoms with E-state index in [2.05, 4.69) is 34.9 Å². The molecule has 0 heterocycles. The van der Waals surface area contributed by atoms with Gasteiger partial charge in [0.2, 0.25) is 5.91 Å². The molecule has 7 nitrogen and oxygen atoms in total. The smallest absolute Gasteiger partial charge is 0.407 e. The first-order valence-corrected chi connectivity index (χ1v) is 13.2. The summed E-state index contributed by atoms with van der Waals surface area (Å²) in [6.07, 6.45) is 2.57. The van der Waals surface area contributed by atoms with E-state index in [9.17, 15) is 19.5 Å². The van der Waals surface area contributed by atoms with Gasteiger partial charge in [-0.3, -0.25) is 9.59 Å². The fraction of sp³-hybridized carbons (Fsp3) is 0.444. The molecule has 2 amide bonds. The highest BCUT2D eigenvalue weighted by atomic mass is 32.2. The molecule has 0 radical (unpaired) electrons. The van der Waals surface area contributed by atoms with E-state index in [0.717, 1.165) is 12.8 Å². The number of hydrogen-bond donors (Lipinski definition) is 3. The number of benzene rings is 2. The molecular formula is C27H32N2O5S. The van der Waals surface area contributed by atoms with Crippen molar-refractivity contribution < 1.29 is 24.2 Å². The fourth-order valence-corrected chi connectivity index (χ4v) is 5.76. The van der Waals surface area contributed by atoms with Crippen LogP contribution in [0.2, 0.25) is 0 Å². The van der Waals surface area contributed by atoms with Gasteiger partial charge in [-0.25, -0.2) is 4.79 Å². The summed E-state index contributed by atoms with van der Waals surface area (Å²) in [7, 11) is 0. The van der Waals surface area contributed by atoms with Crippen LogP contribution in [0.25, 0.3) is 11.1 Å². The molecule has 35 heavy (non-hydrogen) atoms. The molecule has 0 aliphatic heterocycles. The Balaban J connectivity index is 1.16. The van der Waals surface area contributed by atoms with Gasteiger partial charge in [0.1, 0.15) is 6.61 Å². The molecule has 0 bridgehead atoms. The largest absolute Gasteiger partial charge is 0.481 e. The lowest BCUT2D eigenvalue weighted by Gasteiger charge is -2.38. The average molecular weight is 497 g/mol. The van der Waals surface area contributed by atoms with E-state index in [1.807, 2.05) is 24.3 Å². The van der Waals surface area contributed by atoms with E-state index >= 15 is 0 Å². The molecule has 4 rings (SSSR count). The van der Waals surface area contributed by atoms with E-state index < -0.39 is 17.5 Å². The number of fused-ring (bicyclic) bond motifs is 3. The molecule has 1 fully saturated rings. The van der Waals surface area contributed by atoms with Crippen LogP contribution in [-0.4, -0.2) is 53.8 Å². The summed E-state index contributed by atoms with van der Waals surface area (Å²) in [5.74, 6) is -0.239. The number of carbonyl (C=O) groups is 3. The second-order valence-corrected chi connectivity index (χ2v) is 10.5. The minimum Gasteiger partial charge on any atom is -0.481 e. The Hall–Kier alpha value is -3.00. The van der Waals surface area contributed by atoms with Gasteiger partial charge in [-0.1, -0.05) is 61.4 Å². The fourth-order valence-electron chi connectivity index (χ4n) is 5.10. The van der Waals surface area contributed by atoms with Gasteiger partial charge in [0.15, 0.2) is 0 Å². The van der Waals surface area contributed by atoms with Crippen molar-refractivity contribution in [3.8, 4) is 11.1 Å². The lowest BCUT2D eigenvalue weighted by Crippen LogP contribution is -2.52. The quantitative estimate of drug-likeness (QED) is 0.444. The molecule has 2 aromatic rings. The van der Waals surface area contributed by atoms with Crippen molar-refractivity contribution >= 4 is 29.7 Å². The van der Waals surface area contributed by atoms with E-state index in [1.54, 1.807) is 6.92 Å². The van der Waals surface area contributed by atoms with Crippen LogP contribution in [0, 0.1) is 5.41 Å². The first-order chi connectivity index (χ1) is 16.9. The third-order valence-corrected chi connectivity index (χ3v) is 8.08. The summed E-state index contributed by atoms with van der Waals surface area (Å²) in [4.78, 5) is 36.3. The standard InChI is InChI=1S/C27H32N2O5S/c1-27(25(31)32)13-7-6-12-23(27)29-24(30)17-35-15-14-28-26(33)34-16-22-20-10-4-2-8-18(20)19-9-3-5-11-21(19)22/h2-5,8-11,22-23H,6-7,12-17H2,1H3,(H,28,33)(H,29,30)(H,31,32). The van der Waals surface area contributed by atoms with Gasteiger partial charge in [0.25, 0.3) is 0 Å². The van der Waals surface area contributed by atoms with E-state index in [-0.39, 0.29) is 30.2 Å². The number of amides is 2.